The van der Waals surface area contributed by atoms with Gasteiger partial charge in [-0.15, -0.1) is 0 Å². The molecule has 0 atom stereocenters. The van der Waals surface area contributed by atoms with Crippen LogP contribution in [0.4, 0.5) is 4.39 Å². The summed E-state index contributed by atoms with van der Waals surface area (Å²) in [6.45, 7) is 1.35. The molecule has 6 heteroatoms. The van der Waals surface area contributed by atoms with Crippen LogP contribution in [-0.4, -0.2) is 38.4 Å². The predicted octanol–water partition coefficient (Wildman–Crippen LogP) is 3.05. The minimum Gasteiger partial charge on any atom is -0.338 e. The van der Waals surface area contributed by atoms with Crippen molar-refractivity contribution in [3.63, 3.8) is 0 Å². The van der Waals surface area contributed by atoms with Crippen LogP contribution in [0, 0.1) is 5.82 Å². The number of piperidine rings is 1. The fourth-order valence-electron chi connectivity index (χ4n) is 3.31. The Morgan fingerprint density at radius 3 is 2.79 bits per heavy atom. The summed E-state index contributed by atoms with van der Waals surface area (Å²) in [5.41, 5.74) is 2.23. The zero-order valence-electron chi connectivity index (χ0n) is 13.1. The van der Waals surface area contributed by atoms with Crippen molar-refractivity contribution in [1.82, 2.24) is 19.4 Å². The average Bonchev–Trinajstić information content (AvgIpc) is 3.05. The van der Waals surface area contributed by atoms with Crippen LogP contribution in [0.25, 0.3) is 11.0 Å². The fourth-order valence-corrected chi connectivity index (χ4v) is 3.31. The molecule has 0 aliphatic carbocycles. The van der Waals surface area contributed by atoms with E-state index in [9.17, 15) is 9.18 Å². The van der Waals surface area contributed by atoms with Gasteiger partial charge in [-0.2, -0.15) is 0 Å². The Bertz CT molecular complexity index is 869. The van der Waals surface area contributed by atoms with Crippen molar-refractivity contribution in [2.24, 2.45) is 0 Å². The van der Waals surface area contributed by atoms with Crippen molar-refractivity contribution in [2.45, 2.75) is 18.9 Å². The Labute approximate surface area is 138 Å². The van der Waals surface area contributed by atoms with Gasteiger partial charge in [-0.1, -0.05) is 0 Å². The number of aromatic nitrogens is 3. The van der Waals surface area contributed by atoms with E-state index >= 15 is 0 Å². The SMILES string of the molecule is O=C(c1cccnc1)N1CCC(n2cnc3ccc(F)cc32)CC1. The summed E-state index contributed by atoms with van der Waals surface area (Å²) in [6, 6.07) is 8.43. The van der Waals surface area contributed by atoms with Crippen LogP contribution in [0.1, 0.15) is 29.2 Å². The maximum Gasteiger partial charge on any atom is 0.255 e. The summed E-state index contributed by atoms with van der Waals surface area (Å²) in [5, 5.41) is 0. The Morgan fingerprint density at radius 1 is 1.21 bits per heavy atom. The molecule has 1 aromatic carbocycles. The lowest BCUT2D eigenvalue weighted by atomic mass is 10.0. The molecule has 5 nitrogen and oxygen atoms in total. The first-order chi connectivity index (χ1) is 11.7. The van der Waals surface area contributed by atoms with Crippen molar-refractivity contribution in [2.75, 3.05) is 13.1 Å². The highest BCUT2D eigenvalue weighted by molar-refractivity contribution is 5.93. The van der Waals surface area contributed by atoms with E-state index in [2.05, 4.69) is 9.97 Å². The quantitative estimate of drug-likeness (QED) is 0.728. The van der Waals surface area contributed by atoms with Crippen LogP contribution >= 0.6 is 0 Å². The molecule has 0 saturated carbocycles. The number of amides is 1. The molecule has 2 aromatic heterocycles. The van der Waals surface area contributed by atoms with Crippen LogP contribution in [-0.2, 0) is 0 Å². The first kappa shape index (κ1) is 14.8. The number of likely N-dealkylation sites (tertiary alicyclic amines) is 1. The van der Waals surface area contributed by atoms with Gasteiger partial charge in [0, 0.05) is 31.5 Å². The standard InChI is InChI=1S/C18H17FN4O/c19-14-3-4-16-17(10-14)23(12-21-16)15-5-8-22(9-6-15)18(24)13-2-1-7-20-11-13/h1-4,7,10-12,15H,5-6,8-9H2. The second kappa shape index (κ2) is 6.03. The van der Waals surface area contributed by atoms with Gasteiger partial charge in [0.1, 0.15) is 5.82 Å². The van der Waals surface area contributed by atoms with Gasteiger partial charge in [-0.3, -0.25) is 9.78 Å². The second-order valence-corrected chi connectivity index (χ2v) is 6.05. The number of carbonyl (C=O) groups is 1. The molecule has 3 heterocycles. The normalized spacial score (nSPS) is 15.8. The summed E-state index contributed by atoms with van der Waals surface area (Å²) in [6.07, 6.45) is 6.68. The van der Waals surface area contributed by atoms with E-state index in [-0.39, 0.29) is 17.8 Å². The molecular formula is C18H17FN4O. The van der Waals surface area contributed by atoms with Gasteiger partial charge in [0.05, 0.1) is 22.9 Å². The van der Waals surface area contributed by atoms with Crippen LogP contribution in [0.15, 0.2) is 49.1 Å². The molecule has 0 N–H and O–H groups in total. The molecule has 0 unspecified atom stereocenters. The predicted molar refractivity (Wildman–Crippen MR) is 88.1 cm³/mol. The van der Waals surface area contributed by atoms with Crippen LogP contribution in [0.2, 0.25) is 0 Å². The first-order valence-corrected chi connectivity index (χ1v) is 8.04. The summed E-state index contributed by atoms with van der Waals surface area (Å²) in [4.78, 5) is 22.7. The lowest BCUT2D eigenvalue weighted by Gasteiger charge is -2.32. The monoisotopic (exact) mass is 324 g/mol. The van der Waals surface area contributed by atoms with Gasteiger partial charge in [0.2, 0.25) is 0 Å². The van der Waals surface area contributed by atoms with E-state index in [0.29, 0.717) is 18.7 Å². The number of fused-ring (bicyclic) bond motifs is 1. The number of benzene rings is 1. The largest absolute Gasteiger partial charge is 0.338 e. The lowest BCUT2D eigenvalue weighted by Crippen LogP contribution is -2.39. The van der Waals surface area contributed by atoms with E-state index in [1.165, 1.54) is 12.1 Å². The van der Waals surface area contributed by atoms with Crippen molar-refractivity contribution >= 4 is 16.9 Å². The molecule has 0 radical (unpaired) electrons. The Balaban J connectivity index is 1.49. The van der Waals surface area contributed by atoms with Gasteiger partial charge in [0.15, 0.2) is 0 Å². The maximum absolute atomic E-state index is 13.5. The number of imidazole rings is 1. The number of halogens is 1. The minimum absolute atomic E-state index is 0.0167. The Morgan fingerprint density at radius 2 is 2.04 bits per heavy atom. The van der Waals surface area contributed by atoms with Crippen molar-refractivity contribution in [1.29, 1.82) is 0 Å². The van der Waals surface area contributed by atoms with Gasteiger partial charge < -0.3 is 9.47 Å². The van der Waals surface area contributed by atoms with Gasteiger partial charge in [-0.25, -0.2) is 9.37 Å². The summed E-state index contributed by atoms with van der Waals surface area (Å²) < 4.78 is 15.5. The van der Waals surface area contributed by atoms with Gasteiger partial charge in [0.25, 0.3) is 5.91 Å². The van der Waals surface area contributed by atoms with Crippen LogP contribution in [0.3, 0.4) is 0 Å². The lowest BCUT2D eigenvalue weighted by molar-refractivity contribution is 0.0695. The molecule has 1 aliphatic heterocycles. The van der Waals surface area contributed by atoms with Gasteiger partial charge >= 0.3 is 0 Å². The highest BCUT2D eigenvalue weighted by atomic mass is 19.1. The first-order valence-electron chi connectivity index (χ1n) is 8.04. The highest BCUT2D eigenvalue weighted by Crippen LogP contribution is 2.27. The van der Waals surface area contributed by atoms with E-state index in [1.54, 1.807) is 36.9 Å². The molecule has 24 heavy (non-hydrogen) atoms. The second-order valence-electron chi connectivity index (χ2n) is 6.05. The molecule has 122 valence electrons. The smallest absolute Gasteiger partial charge is 0.255 e. The third-order valence-corrected chi connectivity index (χ3v) is 4.59. The summed E-state index contributed by atoms with van der Waals surface area (Å²) in [7, 11) is 0. The zero-order valence-corrected chi connectivity index (χ0v) is 13.1. The van der Waals surface area contributed by atoms with Crippen molar-refractivity contribution in [3.8, 4) is 0 Å². The van der Waals surface area contributed by atoms with E-state index in [1.807, 2.05) is 9.47 Å². The summed E-state index contributed by atoms with van der Waals surface area (Å²) >= 11 is 0. The molecule has 4 rings (SSSR count). The van der Waals surface area contributed by atoms with Crippen LogP contribution < -0.4 is 0 Å². The van der Waals surface area contributed by atoms with Crippen molar-refractivity contribution in [3.05, 3.63) is 60.4 Å². The molecule has 0 bridgehead atoms. The summed E-state index contributed by atoms with van der Waals surface area (Å²) in [5.74, 6) is -0.239. The van der Waals surface area contributed by atoms with Crippen LogP contribution in [0.5, 0.6) is 0 Å². The van der Waals surface area contributed by atoms with E-state index < -0.39 is 0 Å². The third kappa shape index (κ3) is 2.64. The molecule has 3 aromatic rings. The topological polar surface area (TPSA) is 51.0 Å². The number of pyridine rings is 1. The number of nitrogens with zero attached hydrogens (tertiary/aromatic N) is 4. The number of hydrogen-bond donors (Lipinski definition) is 0. The Hall–Kier alpha value is -2.76. The molecule has 1 amide bonds. The molecule has 0 spiro atoms. The fraction of sp³-hybridized carbons (Fsp3) is 0.278. The highest BCUT2D eigenvalue weighted by Gasteiger charge is 2.25. The van der Waals surface area contributed by atoms with E-state index in [4.69, 9.17) is 0 Å². The number of carbonyl (C=O) groups excluding carboxylic acids is 1. The minimum atomic E-state index is -0.256. The molecule has 1 fully saturated rings. The molecule has 1 saturated heterocycles. The van der Waals surface area contributed by atoms with E-state index in [0.717, 1.165) is 23.9 Å². The molecular weight excluding hydrogens is 307 g/mol. The molecule has 1 aliphatic rings. The number of rotatable bonds is 2. The maximum atomic E-state index is 13.5. The number of hydrogen-bond acceptors (Lipinski definition) is 3. The van der Waals surface area contributed by atoms with Gasteiger partial charge in [-0.05, 0) is 43.2 Å². The Kier molecular flexibility index (Phi) is 3.72. The zero-order chi connectivity index (χ0) is 16.5. The third-order valence-electron chi connectivity index (χ3n) is 4.59. The van der Waals surface area contributed by atoms with Crippen molar-refractivity contribution < 1.29 is 9.18 Å². The average molecular weight is 324 g/mol.